The minimum atomic E-state index is -1.24. The molecule has 2 nitrogen and oxygen atoms in total. The molecule has 1 saturated heterocycles. The van der Waals surface area contributed by atoms with E-state index in [2.05, 4.69) is 0 Å². The van der Waals surface area contributed by atoms with E-state index in [1.165, 1.54) is 0 Å². The van der Waals surface area contributed by atoms with Gasteiger partial charge in [-0.2, -0.15) is 0 Å². The van der Waals surface area contributed by atoms with Crippen LogP contribution in [-0.4, -0.2) is 12.1 Å². The van der Waals surface area contributed by atoms with Crippen molar-refractivity contribution in [3.8, 4) is 0 Å². The quantitative estimate of drug-likeness (QED) is 0.698. The zero-order chi connectivity index (χ0) is 10.9. The normalized spacial score (nSPS) is 30.3. The Morgan fingerprint density at radius 1 is 1.47 bits per heavy atom. The Morgan fingerprint density at radius 2 is 2.13 bits per heavy atom. The van der Waals surface area contributed by atoms with Gasteiger partial charge in [0.1, 0.15) is 0 Å². The van der Waals surface area contributed by atoms with Crippen LogP contribution in [0.3, 0.4) is 0 Å². The van der Waals surface area contributed by atoms with Gasteiger partial charge in [0, 0.05) is 0 Å². The highest BCUT2D eigenvalue weighted by Gasteiger charge is 2.49. The van der Waals surface area contributed by atoms with Gasteiger partial charge < -0.3 is 4.74 Å². The fourth-order valence-corrected chi connectivity index (χ4v) is 2.08. The maximum absolute atomic E-state index is 13.8. The van der Waals surface area contributed by atoms with Gasteiger partial charge in [-0.15, -0.1) is 0 Å². The Labute approximate surface area is 88.1 Å². The van der Waals surface area contributed by atoms with Crippen LogP contribution >= 0.6 is 0 Å². The molecule has 0 radical (unpaired) electrons. The summed E-state index contributed by atoms with van der Waals surface area (Å²) in [5.74, 6) is -0.451. The number of esters is 1. The zero-order valence-corrected chi connectivity index (χ0v) is 8.57. The molecule has 1 fully saturated rings. The lowest BCUT2D eigenvalue weighted by Crippen LogP contribution is -2.33. The SMILES string of the molecule is CC[C@@]1(c2ccccc2)OC(=O)C[C@@H]1F. The molecule has 2 rings (SSSR count). The van der Waals surface area contributed by atoms with Crippen LogP contribution in [0.4, 0.5) is 4.39 Å². The molecule has 0 aromatic heterocycles. The van der Waals surface area contributed by atoms with Gasteiger partial charge >= 0.3 is 5.97 Å². The Hall–Kier alpha value is -1.38. The van der Waals surface area contributed by atoms with Crippen molar-refractivity contribution < 1.29 is 13.9 Å². The zero-order valence-electron chi connectivity index (χ0n) is 8.57. The number of cyclic esters (lactones) is 1. The van der Waals surface area contributed by atoms with Crippen molar-refractivity contribution in [3.05, 3.63) is 35.9 Å². The van der Waals surface area contributed by atoms with E-state index in [0.717, 1.165) is 5.56 Å². The molecular formula is C12H13FO2. The summed E-state index contributed by atoms with van der Waals surface area (Å²) in [7, 11) is 0. The molecule has 1 aliphatic heterocycles. The first kappa shape index (κ1) is 10.1. The molecule has 1 aromatic carbocycles. The number of carbonyl (C=O) groups is 1. The molecular weight excluding hydrogens is 195 g/mol. The summed E-state index contributed by atoms with van der Waals surface area (Å²) in [6, 6.07) is 9.11. The van der Waals surface area contributed by atoms with Crippen molar-refractivity contribution in [2.75, 3.05) is 0 Å². The molecule has 0 aliphatic carbocycles. The van der Waals surface area contributed by atoms with Crippen LogP contribution < -0.4 is 0 Å². The minimum Gasteiger partial charge on any atom is -0.451 e. The number of rotatable bonds is 2. The maximum atomic E-state index is 13.8. The maximum Gasteiger partial charge on any atom is 0.309 e. The first-order valence-corrected chi connectivity index (χ1v) is 5.10. The monoisotopic (exact) mass is 208 g/mol. The van der Waals surface area contributed by atoms with Crippen LogP contribution in [0.2, 0.25) is 0 Å². The molecule has 80 valence electrons. The van der Waals surface area contributed by atoms with Crippen molar-refractivity contribution in [3.63, 3.8) is 0 Å². The number of carbonyl (C=O) groups excluding carboxylic acids is 1. The fraction of sp³-hybridized carbons (Fsp3) is 0.417. The summed E-state index contributed by atoms with van der Waals surface area (Å²) in [5, 5.41) is 0. The molecule has 1 aromatic rings. The predicted molar refractivity (Wildman–Crippen MR) is 54.0 cm³/mol. The number of ether oxygens (including phenoxy) is 1. The van der Waals surface area contributed by atoms with E-state index in [0.29, 0.717) is 6.42 Å². The van der Waals surface area contributed by atoms with Crippen molar-refractivity contribution in [1.29, 1.82) is 0 Å². The molecule has 0 spiro atoms. The van der Waals surface area contributed by atoms with Crippen LogP contribution in [0, 0.1) is 0 Å². The predicted octanol–water partition coefficient (Wildman–Crippen LogP) is 2.58. The molecule has 2 atom stereocenters. The summed E-state index contributed by atoms with van der Waals surface area (Å²) in [4.78, 5) is 11.1. The Kier molecular flexibility index (Phi) is 2.47. The van der Waals surface area contributed by atoms with E-state index < -0.39 is 17.7 Å². The number of hydrogen-bond donors (Lipinski definition) is 0. The van der Waals surface area contributed by atoms with Crippen molar-refractivity contribution in [2.24, 2.45) is 0 Å². The van der Waals surface area contributed by atoms with Gasteiger partial charge in [0.15, 0.2) is 11.8 Å². The van der Waals surface area contributed by atoms with Crippen LogP contribution in [0.5, 0.6) is 0 Å². The van der Waals surface area contributed by atoms with Gasteiger partial charge in [-0.05, 0) is 12.0 Å². The Morgan fingerprint density at radius 3 is 2.60 bits per heavy atom. The van der Waals surface area contributed by atoms with E-state index in [1.54, 1.807) is 12.1 Å². The molecule has 0 bridgehead atoms. The van der Waals surface area contributed by atoms with Crippen LogP contribution in [-0.2, 0) is 15.1 Å². The van der Waals surface area contributed by atoms with Gasteiger partial charge in [-0.1, -0.05) is 37.3 Å². The average molecular weight is 208 g/mol. The number of alkyl halides is 1. The Bertz CT molecular complexity index is 363. The van der Waals surface area contributed by atoms with Crippen molar-refractivity contribution >= 4 is 5.97 Å². The molecule has 1 heterocycles. The number of hydrogen-bond acceptors (Lipinski definition) is 2. The average Bonchev–Trinajstić information content (AvgIpc) is 2.56. The fourth-order valence-electron chi connectivity index (χ4n) is 2.08. The number of halogens is 1. The third-order valence-electron chi connectivity index (χ3n) is 2.94. The third-order valence-corrected chi connectivity index (χ3v) is 2.94. The van der Waals surface area contributed by atoms with Gasteiger partial charge in [0.05, 0.1) is 6.42 Å². The molecule has 3 heteroatoms. The van der Waals surface area contributed by atoms with Crippen molar-refractivity contribution in [1.82, 2.24) is 0 Å². The van der Waals surface area contributed by atoms with Crippen LogP contribution in [0.15, 0.2) is 30.3 Å². The lowest BCUT2D eigenvalue weighted by molar-refractivity contribution is -0.151. The smallest absolute Gasteiger partial charge is 0.309 e. The highest BCUT2D eigenvalue weighted by molar-refractivity contribution is 5.74. The molecule has 15 heavy (non-hydrogen) atoms. The van der Waals surface area contributed by atoms with Gasteiger partial charge in [-0.3, -0.25) is 4.79 Å². The van der Waals surface area contributed by atoms with E-state index in [4.69, 9.17) is 4.74 Å². The highest BCUT2D eigenvalue weighted by Crippen LogP contribution is 2.41. The van der Waals surface area contributed by atoms with Gasteiger partial charge in [0.2, 0.25) is 0 Å². The summed E-state index contributed by atoms with van der Waals surface area (Å²) in [6.45, 7) is 1.83. The van der Waals surface area contributed by atoms with Crippen molar-refractivity contribution in [2.45, 2.75) is 31.5 Å². The molecule has 0 N–H and O–H groups in total. The summed E-state index contributed by atoms with van der Waals surface area (Å²) >= 11 is 0. The standard InChI is InChI=1S/C12H13FO2/c1-2-12(9-6-4-3-5-7-9)10(13)8-11(14)15-12/h3-7,10H,2,8H2,1H3/t10-,12-/m0/s1. The van der Waals surface area contributed by atoms with E-state index >= 15 is 0 Å². The van der Waals surface area contributed by atoms with E-state index in [1.807, 2.05) is 25.1 Å². The molecule has 0 unspecified atom stereocenters. The second kappa shape index (κ2) is 3.65. The van der Waals surface area contributed by atoms with Crippen LogP contribution in [0.25, 0.3) is 0 Å². The minimum absolute atomic E-state index is 0.136. The summed E-state index contributed by atoms with van der Waals surface area (Å²) in [5.41, 5.74) is -0.316. The summed E-state index contributed by atoms with van der Waals surface area (Å²) < 4.78 is 19.0. The second-order valence-electron chi connectivity index (χ2n) is 3.75. The topological polar surface area (TPSA) is 26.3 Å². The largest absolute Gasteiger partial charge is 0.451 e. The van der Waals surface area contributed by atoms with Gasteiger partial charge in [-0.25, -0.2) is 4.39 Å². The lowest BCUT2D eigenvalue weighted by atomic mass is 9.87. The van der Waals surface area contributed by atoms with Gasteiger partial charge in [0.25, 0.3) is 0 Å². The first-order chi connectivity index (χ1) is 7.19. The van der Waals surface area contributed by atoms with E-state index in [9.17, 15) is 9.18 Å². The number of benzene rings is 1. The molecule has 0 amide bonds. The molecule has 1 aliphatic rings. The Balaban J connectivity index is 2.42. The summed E-state index contributed by atoms with van der Waals surface area (Å²) in [6.07, 6.45) is -0.912. The van der Waals surface area contributed by atoms with E-state index in [-0.39, 0.29) is 6.42 Å². The highest BCUT2D eigenvalue weighted by atomic mass is 19.1. The van der Waals surface area contributed by atoms with Crippen LogP contribution in [0.1, 0.15) is 25.3 Å². The lowest BCUT2D eigenvalue weighted by Gasteiger charge is -2.28. The first-order valence-electron chi connectivity index (χ1n) is 5.10. The third kappa shape index (κ3) is 1.52. The molecule has 0 saturated carbocycles. The second-order valence-corrected chi connectivity index (χ2v) is 3.75.